The van der Waals surface area contributed by atoms with Gasteiger partial charge in [0.1, 0.15) is 5.58 Å². The summed E-state index contributed by atoms with van der Waals surface area (Å²) in [5.41, 5.74) is 2.83. The first-order valence-corrected chi connectivity index (χ1v) is 7.19. The summed E-state index contributed by atoms with van der Waals surface area (Å²) in [6.45, 7) is 3.85. The van der Waals surface area contributed by atoms with E-state index in [4.69, 9.17) is 4.42 Å². The minimum Gasteiger partial charge on any atom is -0.422 e. The van der Waals surface area contributed by atoms with Crippen molar-refractivity contribution in [2.24, 2.45) is 0 Å². The van der Waals surface area contributed by atoms with E-state index in [0.717, 1.165) is 48.1 Å². The molecule has 0 unspecified atom stereocenters. The van der Waals surface area contributed by atoms with Gasteiger partial charge in [0.05, 0.1) is 17.9 Å². The zero-order chi connectivity index (χ0) is 14.1. The van der Waals surface area contributed by atoms with Crippen molar-refractivity contribution in [2.75, 3.05) is 18.0 Å². The third-order valence-electron chi connectivity index (χ3n) is 4.03. The molecule has 0 bridgehead atoms. The Hall–Kier alpha value is -1.81. The van der Waals surface area contributed by atoms with Gasteiger partial charge < -0.3 is 14.4 Å². The summed E-state index contributed by atoms with van der Waals surface area (Å²) in [4.78, 5) is 14.4. The molecule has 1 saturated heterocycles. The van der Waals surface area contributed by atoms with E-state index in [0.29, 0.717) is 12.0 Å². The second kappa shape index (κ2) is 5.29. The topological polar surface area (TPSA) is 53.7 Å². The molecule has 0 aliphatic carbocycles. The van der Waals surface area contributed by atoms with Gasteiger partial charge in [-0.1, -0.05) is 19.1 Å². The van der Waals surface area contributed by atoms with E-state index in [9.17, 15) is 9.90 Å². The molecule has 1 fully saturated rings. The Morgan fingerprint density at radius 2 is 2.05 bits per heavy atom. The maximum Gasteiger partial charge on any atom is 0.341 e. The third kappa shape index (κ3) is 2.00. The first-order chi connectivity index (χ1) is 9.76. The fourth-order valence-corrected chi connectivity index (χ4v) is 3.07. The van der Waals surface area contributed by atoms with Crippen molar-refractivity contribution in [1.82, 2.24) is 0 Å². The lowest BCUT2D eigenvalue weighted by atomic mass is 10.0. The van der Waals surface area contributed by atoms with Crippen molar-refractivity contribution in [1.29, 1.82) is 0 Å². The number of hydrogen-bond acceptors (Lipinski definition) is 4. The second-order valence-electron chi connectivity index (χ2n) is 5.21. The smallest absolute Gasteiger partial charge is 0.341 e. The average molecular weight is 273 g/mol. The first-order valence-electron chi connectivity index (χ1n) is 7.19. The SMILES string of the molecule is CCc1c(N2CCCC2)c2c(CO)cccc2oc1=O. The molecule has 1 aliphatic heterocycles. The maximum absolute atomic E-state index is 12.2. The van der Waals surface area contributed by atoms with E-state index >= 15 is 0 Å². The average Bonchev–Trinajstić information content (AvgIpc) is 2.98. The van der Waals surface area contributed by atoms with Crippen LogP contribution in [0, 0.1) is 0 Å². The summed E-state index contributed by atoms with van der Waals surface area (Å²) in [7, 11) is 0. The molecule has 0 saturated carbocycles. The van der Waals surface area contributed by atoms with Crippen molar-refractivity contribution in [2.45, 2.75) is 32.8 Å². The van der Waals surface area contributed by atoms with Crippen LogP contribution in [0.25, 0.3) is 11.0 Å². The van der Waals surface area contributed by atoms with Crippen LogP contribution in [0.3, 0.4) is 0 Å². The lowest BCUT2D eigenvalue weighted by molar-refractivity contribution is 0.283. The second-order valence-corrected chi connectivity index (χ2v) is 5.21. The van der Waals surface area contributed by atoms with Crippen LogP contribution in [0.4, 0.5) is 5.69 Å². The highest BCUT2D eigenvalue weighted by Crippen LogP contribution is 2.34. The van der Waals surface area contributed by atoms with Gasteiger partial charge in [0.25, 0.3) is 0 Å². The number of hydrogen-bond donors (Lipinski definition) is 1. The molecule has 4 heteroatoms. The predicted molar refractivity (Wildman–Crippen MR) is 79.2 cm³/mol. The normalized spacial score (nSPS) is 15.2. The highest BCUT2D eigenvalue weighted by molar-refractivity contribution is 5.94. The van der Waals surface area contributed by atoms with Gasteiger partial charge in [-0.05, 0) is 30.9 Å². The minimum atomic E-state index is -0.253. The Labute approximate surface area is 117 Å². The quantitative estimate of drug-likeness (QED) is 0.873. The summed E-state index contributed by atoms with van der Waals surface area (Å²) in [5.74, 6) is 0. The molecular formula is C16H19NO3. The fourth-order valence-electron chi connectivity index (χ4n) is 3.07. The minimum absolute atomic E-state index is 0.0466. The molecule has 106 valence electrons. The number of nitrogens with zero attached hydrogens (tertiary/aromatic N) is 1. The molecule has 0 spiro atoms. The Bertz CT molecular complexity index is 684. The maximum atomic E-state index is 12.2. The number of anilines is 1. The summed E-state index contributed by atoms with van der Waals surface area (Å²) in [5, 5.41) is 10.5. The van der Waals surface area contributed by atoms with Crippen LogP contribution in [-0.4, -0.2) is 18.2 Å². The van der Waals surface area contributed by atoms with Crippen molar-refractivity contribution in [3.05, 3.63) is 39.7 Å². The Morgan fingerprint density at radius 3 is 2.70 bits per heavy atom. The Morgan fingerprint density at radius 1 is 1.30 bits per heavy atom. The van der Waals surface area contributed by atoms with Gasteiger partial charge in [-0.3, -0.25) is 0 Å². The van der Waals surface area contributed by atoms with E-state index in [2.05, 4.69) is 4.90 Å². The molecule has 2 heterocycles. The summed E-state index contributed by atoms with van der Waals surface area (Å²) < 4.78 is 5.43. The van der Waals surface area contributed by atoms with E-state index in [1.165, 1.54) is 0 Å². The molecule has 0 amide bonds. The lowest BCUT2D eigenvalue weighted by Gasteiger charge is -2.23. The van der Waals surface area contributed by atoms with Gasteiger partial charge in [0.15, 0.2) is 0 Å². The summed E-state index contributed by atoms with van der Waals surface area (Å²) in [6, 6.07) is 5.51. The molecular weight excluding hydrogens is 254 g/mol. The van der Waals surface area contributed by atoms with E-state index in [-0.39, 0.29) is 12.2 Å². The molecule has 4 nitrogen and oxygen atoms in total. The van der Waals surface area contributed by atoms with Crippen molar-refractivity contribution in [3.8, 4) is 0 Å². The number of rotatable bonds is 3. The standard InChI is InChI=1S/C16H19NO3/c1-2-12-15(17-8-3-4-9-17)14-11(10-18)6-5-7-13(14)20-16(12)19/h5-7,18H,2-4,8-10H2,1H3. The molecule has 1 N–H and O–H groups in total. The number of aliphatic hydroxyl groups is 1. The lowest BCUT2D eigenvalue weighted by Crippen LogP contribution is -2.23. The summed E-state index contributed by atoms with van der Waals surface area (Å²) >= 11 is 0. The molecule has 1 aromatic heterocycles. The molecule has 0 radical (unpaired) electrons. The summed E-state index contributed by atoms with van der Waals surface area (Å²) in [6.07, 6.45) is 2.93. The van der Waals surface area contributed by atoms with Crippen LogP contribution in [0.2, 0.25) is 0 Å². The van der Waals surface area contributed by atoms with Gasteiger partial charge in [-0.15, -0.1) is 0 Å². The largest absolute Gasteiger partial charge is 0.422 e. The molecule has 2 aromatic rings. The highest BCUT2D eigenvalue weighted by atomic mass is 16.4. The highest BCUT2D eigenvalue weighted by Gasteiger charge is 2.22. The number of benzene rings is 1. The fraction of sp³-hybridized carbons (Fsp3) is 0.438. The van der Waals surface area contributed by atoms with Crippen LogP contribution in [0.5, 0.6) is 0 Å². The zero-order valence-electron chi connectivity index (χ0n) is 11.7. The van der Waals surface area contributed by atoms with Gasteiger partial charge in [-0.2, -0.15) is 0 Å². The molecule has 20 heavy (non-hydrogen) atoms. The van der Waals surface area contributed by atoms with Crippen LogP contribution in [-0.2, 0) is 13.0 Å². The number of fused-ring (bicyclic) bond motifs is 1. The Balaban J connectivity index is 2.38. The van der Waals surface area contributed by atoms with E-state index in [1.54, 1.807) is 6.07 Å². The molecule has 3 rings (SSSR count). The number of aliphatic hydroxyl groups excluding tert-OH is 1. The van der Waals surface area contributed by atoms with Gasteiger partial charge >= 0.3 is 5.63 Å². The zero-order valence-corrected chi connectivity index (χ0v) is 11.7. The van der Waals surface area contributed by atoms with Crippen LogP contribution in [0.15, 0.2) is 27.4 Å². The van der Waals surface area contributed by atoms with Gasteiger partial charge in [0.2, 0.25) is 0 Å². The predicted octanol–water partition coefficient (Wildman–Crippen LogP) is 2.45. The molecule has 1 aliphatic rings. The van der Waals surface area contributed by atoms with E-state index < -0.39 is 0 Å². The van der Waals surface area contributed by atoms with Crippen LogP contribution >= 0.6 is 0 Å². The van der Waals surface area contributed by atoms with Gasteiger partial charge in [-0.25, -0.2) is 4.79 Å². The third-order valence-corrected chi connectivity index (χ3v) is 4.03. The molecule has 0 atom stereocenters. The Kier molecular flexibility index (Phi) is 3.49. The monoisotopic (exact) mass is 273 g/mol. The first kappa shape index (κ1) is 13.2. The molecule has 1 aromatic carbocycles. The van der Waals surface area contributed by atoms with Crippen molar-refractivity contribution in [3.63, 3.8) is 0 Å². The van der Waals surface area contributed by atoms with Crippen molar-refractivity contribution < 1.29 is 9.52 Å². The van der Waals surface area contributed by atoms with Crippen LogP contribution in [0.1, 0.15) is 30.9 Å². The van der Waals surface area contributed by atoms with E-state index in [1.807, 2.05) is 19.1 Å². The van der Waals surface area contributed by atoms with Gasteiger partial charge in [0, 0.05) is 18.5 Å². The van der Waals surface area contributed by atoms with Crippen LogP contribution < -0.4 is 10.5 Å². The van der Waals surface area contributed by atoms with Crippen molar-refractivity contribution >= 4 is 16.7 Å².